The number of hydrazine groups is 1. The highest BCUT2D eigenvalue weighted by molar-refractivity contribution is 5.85. The molecule has 152 valence electrons. The zero-order valence-electron chi connectivity index (χ0n) is 15.7. The molecular formula is C22H26ClF3N2. The van der Waals surface area contributed by atoms with Gasteiger partial charge in [-0.25, -0.2) is 10.0 Å². The van der Waals surface area contributed by atoms with Crippen LogP contribution in [0.2, 0.25) is 0 Å². The van der Waals surface area contributed by atoms with Gasteiger partial charge in [0.1, 0.15) is 0 Å². The van der Waals surface area contributed by atoms with Crippen molar-refractivity contribution in [2.24, 2.45) is 0 Å². The summed E-state index contributed by atoms with van der Waals surface area (Å²) in [5.41, 5.74) is 1.23. The highest BCUT2D eigenvalue weighted by Crippen LogP contribution is 2.42. The molecule has 0 radical (unpaired) electrons. The van der Waals surface area contributed by atoms with E-state index in [-0.39, 0.29) is 18.4 Å². The molecule has 28 heavy (non-hydrogen) atoms. The normalized spacial score (nSPS) is 23.7. The van der Waals surface area contributed by atoms with Crippen molar-refractivity contribution in [2.45, 2.75) is 50.4 Å². The lowest BCUT2D eigenvalue weighted by Gasteiger charge is -2.38. The van der Waals surface area contributed by atoms with Crippen LogP contribution in [0.25, 0.3) is 0 Å². The summed E-state index contributed by atoms with van der Waals surface area (Å²) in [5, 5.41) is 4.59. The van der Waals surface area contributed by atoms with E-state index in [0.29, 0.717) is 11.6 Å². The third-order valence-corrected chi connectivity index (χ3v) is 5.84. The molecule has 2 aliphatic heterocycles. The summed E-state index contributed by atoms with van der Waals surface area (Å²) in [7, 11) is 0. The lowest BCUT2D eigenvalue weighted by atomic mass is 9.98. The summed E-state index contributed by atoms with van der Waals surface area (Å²) in [4.78, 5) is 0. The van der Waals surface area contributed by atoms with E-state index in [1.807, 2.05) is 18.2 Å². The Bertz CT molecular complexity index is 766. The molecule has 2 aliphatic rings. The Morgan fingerprint density at radius 3 is 2.21 bits per heavy atom. The number of rotatable bonds is 4. The van der Waals surface area contributed by atoms with Crippen LogP contribution in [0.3, 0.4) is 0 Å². The zero-order chi connectivity index (χ0) is 18.9. The molecule has 0 amide bonds. The third-order valence-electron chi connectivity index (χ3n) is 5.84. The molecule has 4 rings (SSSR count). The number of alkyl halides is 3. The Morgan fingerprint density at radius 2 is 1.46 bits per heavy atom. The van der Waals surface area contributed by atoms with E-state index in [2.05, 4.69) is 22.2 Å². The zero-order valence-corrected chi connectivity index (χ0v) is 16.6. The number of nitrogens with zero attached hydrogens (tertiary/aromatic N) is 2. The lowest BCUT2D eigenvalue weighted by molar-refractivity contribution is -0.139. The van der Waals surface area contributed by atoms with Crippen LogP contribution in [0.15, 0.2) is 54.6 Å². The van der Waals surface area contributed by atoms with Gasteiger partial charge in [-0.15, -0.1) is 12.4 Å². The fraction of sp³-hybridized carbons (Fsp3) is 0.455. The number of hydrogen-bond donors (Lipinski definition) is 0. The van der Waals surface area contributed by atoms with Crippen LogP contribution in [0.5, 0.6) is 0 Å². The van der Waals surface area contributed by atoms with Gasteiger partial charge < -0.3 is 0 Å². The van der Waals surface area contributed by atoms with Gasteiger partial charge in [-0.3, -0.25) is 0 Å². The summed E-state index contributed by atoms with van der Waals surface area (Å²) in [6, 6.07) is 16.7. The first-order chi connectivity index (χ1) is 13.0. The van der Waals surface area contributed by atoms with Crippen molar-refractivity contribution in [2.75, 3.05) is 13.1 Å². The van der Waals surface area contributed by atoms with Gasteiger partial charge in [0, 0.05) is 19.1 Å². The summed E-state index contributed by atoms with van der Waals surface area (Å²) in [6.07, 6.45) is 0.554. The molecule has 2 atom stereocenters. The minimum atomic E-state index is -4.31. The van der Waals surface area contributed by atoms with E-state index >= 15 is 0 Å². The number of hydrogen-bond acceptors (Lipinski definition) is 2. The first-order valence-electron chi connectivity index (χ1n) is 9.77. The Morgan fingerprint density at radius 1 is 0.821 bits per heavy atom. The molecular weight excluding hydrogens is 385 g/mol. The summed E-state index contributed by atoms with van der Waals surface area (Å²) < 4.78 is 40.6. The average molecular weight is 411 g/mol. The van der Waals surface area contributed by atoms with Crippen LogP contribution in [0.4, 0.5) is 13.2 Å². The van der Waals surface area contributed by atoms with Crippen molar-refractivity contribution < 1.29 is 13.2 Å². The van der Waals surface area contributed by atoms with Crippen molar-refractivity contribution in [3.05, 3.63) is 71.3 Å². The molecule has 0 aromatic heterocycles. The maximum absolute atomic E-state index is 13.5. The van der Waals surface area contributed by atoms with Crippen molar-refractivity contribution in [3.63, 3.8) is 0 Å². The topological polar surface area (TPSA) is 6.48 Å². The maximum Gasteiger partial charge on any atom is 0.416 e. The Labute approximate surface area is 170 Å². The number of halogens is 4. The van der Waals surface area contributed by atoms with Crippen LogP contribution in [-0.4, -0.2) is 29.1 Å². The van der Waals surface area contributed by atoms with Crippen LogP contribution < -0.4 is 0 Å². The molecule has 6 heteroatoms. The predicted molar refractivity (Wildman–Crippen MR) is 107 cm³/mol. The fourth-order valence-electron chi connectivity index (χ4n) is 4.67. The van der Waals surface area contributed by atoms with Gasteiger partial charge in [0.2, 0.25) is 0 Å². The third kappa shape index (κ3) is 4.37. The molecule has 2 fully saturated rings. The Hall–Kier alpha value is -1.56. The van der Waals surface area contributed by atoms with Gasteiger partial charge in [0.15, 0.2) is 0 Å². The van der Waals surface area contributed by atoms with E-state index in [1.54, 1.807) is 12.1 Å². The molecule has 2 nitrogen and oxygen atoms in total. The second-order valence-electron chi connectivity index (χ2n) is 7.55. The van der Waals surface area contributed by atoms with E-state index in [0.717, 1.165) is 45.2 Å². The molecule has 2 aromatic rings. The predicted octanol–water partition coefficient (Wildman–Crippen LogP) is 5.89. The molecule has 0 spiro atoms. The first kappa shape index (κ1) is 21.2. The average Bonchev–Trinajstić information content (AvgIpc) is 3.30. The molecule has 0 N–H and O–H groups in total. The molecule has 2 saturated heterocycles. The summed E-state index contributed by atoms with van der Waals surface area (Å²) >= 11 is 0. The van der Waals surface area contributed by atoms with Crippen LogP contribution >= 0.6 is 12.4 Å². The smallest absolute Gasteiger partial charge is 0.238 e. The van der Waals surface area contributed by atoms with E-state index < -0.39 is 11.7 Å². The Balaban J connectivity index is 0.00000225. The quantitative estimate of drug-likeness (QED) is 0.620. The van der Waals surface area contributed by atoms with Gasteiger partial charge >= 0.3 is 6.18 Å². The highest BCUT2D eigenvalue weighted by Gasteiger charge is 2.41. The van der Waals surface area contributed by atoms with E-state index in [9.17, 15) is 13.2 Å². The van der Waals surface area contributed by atoms with Gasteiger partial charge in [0.25, 0.3) is 0 Å². The second-order valence-corrected chi connectivity index (χ2v) is 7.55. The van der Waals surface area contributed by atoms with Gasteiger partial charge in [-0.1, -0.05) is 48.5 Å². The lowest BCUT2D eigenvalue weighted by Crippen LogP contribution is -2.46. The van der Waals surface area contributed by atoms with Crippen molar-refractivity contribution in [1.29, 1.82) is 0 Å². The largest absolute Gasteiger partial charge is 0.416 e. The molecule has 0 aliphatic carbocycles. The van der Waals surface area contributed by atoms with Crippen molar-refractivity contribution in [1.82, 2.24) is 10.0 Å². The molecule has 2 aromatic carbocycles. The second kappa shape index (κ2) is 8.85. The fourth-order valence-corrected chi connectivity index (χ4v) is 4.67. The van der Waals surface area contributed by atoms with Crippen molar-refractivity contribution in [3.8, 4) is 0 Å². The highest BCUT2D eigenvalue weighted by atomic mass is 35.5. The first-order valence-corrected chi connectivity index (χ1v) is 9.77. The molecule has 0 bridgehead atoms. The summed E-state index contributed by atoms with van der Waals surface area (Å²) in [6.45, 7) is 1.77. The minimum absolute atomic E-state index is 0. The Kier molecular flexibility index (Phi) is 6.69. The van der Waals surface area contributed by atoms with E-state index in [1.165, 1.54) is 17.7 Å². The maximum atomic E-state index is 13.5. The van der Waals surface area contributed by atoms with E-state index in [4.69, 9.17) is 0 Å². The van der Waals surface area contributed by atoms with Gasteiger partial charge in [-0.2, -0.15) is 13.2 Å². The summed E-state index contributed by atoms with van der Waals surface area (Å²) in [5.74, 6) is 0. The monoisotopic (exact) mass is 410 g/mol. The molecule has 2 heterocycles. The molecule has 2 unspecified atom stereocenters. The SMILES string of the molecule is Cl.FC(F)(F)c1ccccc1C1CCCN1N1CCCC1Cc1ccccc1. The molecule has 0 saturated carbocycles. The van der Waals surface area contributed by atoms with Crippen LogP contribution in [-0.2, 0) is 12.6 Å². The standard InChI is InChI=1S/C22H25F3N2.ClH/c23-22(24,25)20-12-5-4-11-19(20)21-13-7-15-27(21)26-14-6-10-18(26)16-17-8-2-1-3-9-17;/h1-5,8-9,11-12,18,21H,6-7,10,13-16H2;1H. The minimum Gasteiger partial charge on any atom is -0.238 e. The van der Waals surface area contributed by atoms with Crippen LogP contribution in [0.1, 0.15) is 48.4 Å². The van der Waals surface area contributed by atoms with Gasteiger partial charge in [0.05, 0.1) is 11.6 Å². The van der Waals surface area contributed by atoms with Crippen molar-refractivity contribution >= 4 is 12.4 Å². The van der Waals surface area contributed by atoms with Gasteiger partial charge in [-0.05, 0) is 49.3 Å². The number of benzene rings is 2. The van der Waals surface area contributed by atoms with Crippen LogP contribution in [0, 0.1) is 0 Å².